The number of rotatable bonds is 6. The molecule has 0 fully saturated rings. The van der Waals surface area contributed by atoms with Crippen molar-refractivity contribution in [1.82, 2.24) is 0 Å². The molecule has 1 N–H and O–H groups in total. The van der Waals surface area contributed by atoms with Crippen LogP contribution < -0.4 is 5.11 Å². The van der Waals surface area contributed by atoms with Crippen LogP contribution in [0.2, 0.25) is 0 Å². The van der Waals surface area contributed by atoms with Crippen LogP contribution >= 0.6 is 0 Å². The second-order valence-corrected chi connectivity index (χ2v) is 2.87. The Bertz CT molecular complexity index is 93.4. The molecule has 2 atom stereocenters. The number of hydrogen-bond donors (Lipinski definition) is 1. The average Bonchev–Trinajstić information content (AvgIpc) is 2.19. The molecule has 0 heterocycles. The number of ether oxygens (including phenoxy) is 2. The van der Waals surface area contributed by atoms with Crippen LogP contribution in [0.3, 0.4) is 0 Å². The van der Waals surface area contributed by atoms with Gasteiger partial charge in [0.25, 0.3) is 0 Å². The Labute approximate surface area is 148 Å². The Morgan fingerprint density at radius 3 is 1.58 bits per heavy atom. The number of aliphatic hydroxyl groups excluding tert-OH is 1. The standard InChI is InChI=1S/C5H11O2.C5H10O2.4CH4.Y/c1-5(3-6)4-7-2;1-3-5(6)4-7-2;;;;;/h5-6H,1,3-4H2,2H3;5H,1,3-4H2,2H3;4*1H4;/q-1;;;;;;. The fourth-order valence-electron chi connectivity index (χ4n) is 0.558. The molecular formula is C14H37O4Y-. The van der Waals surface area contributed by atoms with Crippen molar-refractivity contribution in [1.29, 1.82) is 0 Å². The van der Waals surface area contributed by atoms with Gasteiger partial charge in [-0.3, -0.25) is 0 Å². The summed E-state index contributed by atoms with van der Waals surface area (Å²) >= 11 is 0. The minimum absolute atomic E-state index is 0. The molecule has 0 aliphatic heterocycles. The van der Waals surface area contributed by atoms with E-state index < -0.39 is 6.10 Å². The minimum Gasteiger partial charge on any atom is -0.847 e. The monoisotopic (exact) mass is 358 g/mol. The van der Waals surface area contributed by atoms with Gasteiger partial charge < -0.3 is 26.6 Å². The van der Waals surface area contributed by atoms with Crippen LogP contribution in [0.5, 0.6) is 0 Å². The molecular weight excluding hydrogens is 321 g/mol. The van der Waals surface area contributed by atoms with Crippen LogP contribution in [0.4, 0.5) is 0 Å². The van der Waals surface area contributed by atoms with Gasteiger partial charge in [-0.2, -0.15) is 0 Å². The van der Waals surface area contributed by atoms with E-state index in [2.05, 4.69) is 23.3 Å². The van der Waals surface area contributed by atoms with E-state index in [-0.39, 0.29) is 81.5 Å². The van der Waals surface area contributed by atoms with Crippen LogP contribution in [0.25, 0.3) is 0 Å². The maximum absolute atomic E-state index is 10.3. The molecule has 19 heavy (non-hydrogen) atoms. The molecule has 5 heteroatoms. The largest absolute Gasteiger partial charge is 0.847 e. The molecule has 4 nitrogen and oxygen atoms in total. The second kappa shape index (κ2) is 36.4. The van der Waals surface area contributed by atoms with E-state index in [0.29, 0.717) is 13.0 Å². The molecule has 0 bridgehead atoms. The average molecular weight is 358 g/mol. The van der Waals surface area contributed by atoms with Crippen LogP contribution in [-0.4, -0.2) is 45.3 Å². The van der Waals surface area contributed by atoms with Gasteiger partial charge in [-0.05, 0) is 0 Å². The second-order valence-electron chi connectivity index (χ2n) is 2.87. The Morgan fingerprint density at radius 2 is 1.47 bits per heavy atom. The zero-order chi connectivity index (χ0) is 11.4. The quantitative estimate of drug-likeness (QED) is 0.740. The molecule has 0 aromatic heterocycles. The maximum Gasteiger partial charge on any atom is 0.0748 e. The van der Waals surface area contributed by atoms with E-state index in [9.17, 15) is 5.11 Å². The van der Waals surface area contributed by atoms with Gasteiger partial charge in [0.05, 0.1) is 13.3 Å². The first-order valence-electron chi connectivity index (χ1n) is 4.49. The van der Waals surface area contributed by atoms with Gasteiger partial charge in [0.1, 0.15) is 0 Å². The molecule has 0 rings (SSSR count). The van der Waals surface area contributed by atoms with Crippen molar-refractivity contribution >= 4 is 0 Å². The maximum atomic E-state index is 10.3. The smallest absolute Gasteiger partial charge is 0.0748 e. The number of aliphatic hydroxyl groups is 1. The number of hydrogen-bond acceptors (Lipinski definition) is 4. The molecule has 0 aromatic rings. The summed E-state index contributed by atoms with van der Waals surface area (Å²) in [4.78, 5) is 0. The molecule has 0 saturated carbocycles. The summed E-state index contributed by atoms with van der Waals surface area (Å²) in [6.07, 6.45) is -0.224. The summed E-state index contributed by atoms with van der Waals surface area (Å²) in [5.74, 6) is 0.0324. The third kappa shape index (κ3) is 45.5. The third-order valence-electron chi connectivity index (χ3n) is 1.34. The van der Waals surface area contributed by atoms with Gasteiger partial charge in [0, 0.05) is 66.7 Å². The van der Waals surface area contributed by atoms with Crippen molar-refractivity contribution in [3.05, 3.63) is 13.8 Å². The Balaban J connectivity index is -0.0000000240. The molecule has 1 radical (unpaired) electrons. The fourth-order valence-corrected chi connectivity index (χ4v) is 0.558. The number of methoxy groups -OCH3 is 2. The van der Waals surface area contributed by atoms with Gasteiger partial charge in [-0.25, -0.2) is 0 Å². The predicted molar refractivity (Wildman–Crippen MR) is 80.4 cm³/mol. The van der Waals surface area contributed by atoms with E-state index in [1.807, 2.05) is 0 Å². The first-order chi connectivity index (χ1) is 6.62. The summed E-state index contributed by atoms with van der Waals surface area (Å²) in [7, 11) is 3.11. The van der Waals surface area contributed by atoms with Gasteiger partial charge >= 0.3 is 0 Å². The summed E-state index contributed by atoms with van der Waals surface area (Å²) in [6, 6.07) is 0. The summed E-state index contributed by atoms with van der Waals surface area (Å²) in [5, 5.41) is 18.6. The molecule has 0 spiro atoms. The summed E-state index contributed by atoms with van der Waals surface area (Å²) in [5.41, 5.74) is 0. The first-order valence-corrected chi connectivity index (χ1v) is 4.49. The van der Waals surface area contributed by atoms with Crippen LogP contribution in [-0.2, 0) is 42.2 Å². The summed E-state index contributed by atoms with van der Waals surface area (Å²) in [6.45, 7) is 7.91. The fraction of sp³-hybridized carbons (Fsp3) is 0.857. The van der Waals surface area contributed by atoms with Gasteiger partial charge in [-0.15, -0.1) is 5.92 Å². The van der Waals surface area contributed by atoms with E-state index in [4.69, 9.17) is 5.11 Å². The van der Waals surface area contributed by atoms with Gasteiger partial charge in [0.15, 0.2) is 0 Å². The zero-order valence-corrected chi connectivity index (χ0v) is 12.5. The van der Waals surface area contributed by atoms with Gasteiger partial charge in [-0.1, -0.05) is 35.8 Å². The molecule has 2 unspecified atom stereocenters. The Kier molecular flexibility index (Phi) is 81.7. The molecule has 0 aliphatic carbocycles. The molecule has 0 saturated heterocycles. The Morgan fingerprint density at radius 1 is 1.11 bits per heavy atom. The predicted octanol–water partition coefficient (Wildman–Crippen LogP) is 2.20. The molecule has 0 amide bonds. The normalized spacial score (nSPS) is 10.4. The molecule has 0 aromatic carbocycles. The minimum atomic E-state index is -0.634. The topological polar surface area (TPSA) is 61.8 Å². The van der Waals surface area contributed by atoms with Crippen molar-refractivity contribution in [3.63, 3.8) is 0 Å². The van der Waals surface area contributed by atoms with E-state index >= 15 is 0 Å². The van der Waals surface area contributed by atoms with E-state index in [1.165, 1.54) is 7.11 Å². The van der Waals surface area contributed by atoms with Crippen molar-refractivity contribution in [2.45, 2.75) is 42.2 Å². The van der Waals surface area contributed by atoms with Crippen molar-refractivity contribution in [3.8, 4) is 0 Å². The summed E-state index contributed by atoms with van der Waals surface area (Å²) < 4.78 is 9.21. The van der Waals surface area contributed by atoms with Crippen molar-refractivity contribution in [2.75, 3.05) is 34.0 Å². The molecule has 121 valence electrons. The third-order valence-corrected chi connectivity index (χ3v) is 1.34. The Hall–Kier alpha value is 0.814. The van der Waals surface area contributed by atoms with Gasteiger partial charge in [0.2, 0.25) is 0 Å². The molecule has 0 aliphatic rings. The first kappa shape index (κ1) is 42.7. The van der Waals surface area contributed by atoms with Crippen molar-refractivity contribution in [2.24, 2.45) is 5.92 Å². The zero-order valence-electron chi connectivity index (χ0n) is 9.65. The SMILES string of the molecule is C.C.C.C.[CH2+]CC([O-])COC.[CH2-]C(CO)COC.[Y]. The van der Waals surface area contributed by atoms with Crippen LogP contribution in [0, 0.1) is 19.8 Å². The van der Waals surface area contributed by atoms with Crippen LogP contribution in [0.15, 0.2) is 0 Å². The van der Waals surface area contributed by atoms with Crippen molar-refractivity contribution < 1.29 is 52.4 Å². The van der Waals surface area contributed by atoms with E-state index in [0.717, 1.165) is 0 Å². The van der Waals surface area contributed by atoms with Crippen LogP contribution in [0.1, 0.15) is 36.1 Å². The van der Waals surface area contributed by atoms with E-state index in [1.54, 1.807) is 7.11 Å².